The van der Waals surface area contributed by atoms with Crippen LogP contribution in [0.1, 0.15) is 213 Å². The first kappa shape index (κ1) is 44.0. The van der Waals surface area contributed by atoms with Gasteiger partial charge in [-0.1, -0.05) is 200 Å². The van der Waals surface area contributed by atoms with E-state index in [1.54, 1.807) is 0 Å². The van der Waals surface area contributed by atoms with Crippen LogP contribution in [0.4, 0.5) is 0 Å². The summed E-state index contributed by atoms with van der Waals surface area (Å²) in [6, 6.07) is 0. The zero-order valence-electron chi connectivity index (χ0n) is 29.0. The molecule has 0 saturated carbocycles. The number of hydrogen-bond acceptors (Lipinski definition) is 4. The van der Waals surface area contributed by atoms with Crippen LogP contribution in [0.3, 0.4) is 0 Å². The van der Waals surface area contributed by atoms with Gasteiger partial charge in [0, 0.05) is 5.92 Å². The van der Waals surface area contributed by atoms with Gasteiger partial charge in [-0.3, -0.25) is 4.18 Å². The van der Waals surface area contributed by atoms with Crippen molar-refractivity contribution < 1.29 is 22.9 Å². The van der Waals surface area contributed by atoms with Gasteiger partial charge < -0.3 is 10.3 Å². The predicted octanol–water partition coefficient (Wildman–Crippen LogP) is 11.1. The lowest BCUT2D eigenvalue weighted by Gasteiger charge is -2.12. The van der Waals surface area contributed by atoms with Crippen molar-refractivity contribution in [3.05, 3.63) is 0 Å². The number of rotatable bonds is 33. The fourth-order valence-corrected chi connectivity index (χ4v) is 5.86. The van der Waals surface area contributed by atoms with Crippen LogP contribution in [0.15, 0.2) is 0 Å². The largest absolute Gasteiger partial charge is 0.726 e. The molecule has 42 heavy (non-hydrogen) atoms. The van der Waals surface area contributed by atoms with Crippen molar-refractivity contribution in [2.75, 3.05) is 13.7 Å². The van der Waals surface area contributed by atoms with Gasteiger partial charge in [-0.15, -0.1) is 0 Å². The lowest BCUT2D eigenvalue weighted by atomic mass is 9.94. The average Bonchev–Trinajstić information content (AvgIpc) is 2.98. The molecular weight excluding hydrogens is 542 g/mol. The molecule has 0 bridgehead atoms. The first-order chi connectivity index (χ1) is 20.4. The molecule has 1 unspecified atom stereocenters. The second-order valence-electron chi connectivity index (χ2n) is 12.9. The van der Waals surface area contributed by atoms with Crippen molar-refractivity contribution in [2.24, 2.45) is 5.92 Å². The summed E-state index contributed by atoms with van der Waals surface area (Å²) in [4.78, 5) is 0. The van der Waals surface area contributed by atoms with Crippen molar-refractivity contribution >= 4 is 10.4 Å². The standard InChI is InChI=1S/C35H73N.CH4O4S/c1-3-5-7-9-11-13-15-17-19-21-23-25-27-29-31-33-35(34-36)32-30-28-26-24-22-20-18-16-14-12-10-8-6-4-2;1-5-6(2,3)4/h35H,3-34,36H2,1-2H3;1H3,(H,2,3,4). The second kappa shape index (κ2) is 37.0. The van der Waals surface area contributed by atoms with E-state index in [0.717, 1.165) is 19.6 Å². The van der Waals surface area contributed by atoms with Crippen molar-refractivity contribution in [3.63, 3.8) is 0 Å². The molecule has 6 heteroatoms. The molecule has 0 aliphatic carbocycles. The van der Waals surface area contributed by atoms with E-state index >= 15 is 0 Å². The molecule has 0 aromatic heterocycles. The molecule has 0 aliphatic heterocycles. The summed E-state index contributed by atoms with van der Waals surface area (Å²) >= 11 is 0. The second-order valence-corrected chi connectivity index (χ2v) is 14.0. The normalized spacial score (nSPS) is 12.3. The Morgan fingerprint density at radius 2 is 0.667 bits per heavy atom. The van der Waals surface area contributed by atoms with Crippen molar-refractivity contribution in [3.8, 4) is 0 Å². The molecule has 1 atom stereocenters. The highest BCUT2D eigenvalue weighted by atomic mass is 32.3. The first-order valence-electron chi connectivity index (χ1n) is 18.7. The molecule has 0 aliphatic rings. The lowest BCUT2D eigenvalue weighted by Crippen LogP contribution is -2.53. The van der Waals surface area contributed by atoms with E-state index in [4.69, 9.17) is 0 Å². The van der Waals surface area contributed by atoms with E-state index in [-0.39, 0.29) is 0 Å². The van der Waals surface area contributed by atoms with Crippen LogP contribution in [-0.2, 0) is 14.6 Å². The van der Waals surface area contributed by atoms with E-state index < -0.39 is 10.4 Å². The molecule has 5 nitrogen and oxygen atoms in total. The molecule has 256 valence electrons. The smallest absolute Gasteiger partial charge is 0.217 e. The molecule has 0 rings (SSSR count). The Morgan fingerprint density at radius 1 is 0.476 bits per heavy atom. The minimum absolute atomic E-state index is 0.808. The third-order valence-corrected chi connectivity index (χ3v) is 9.20. The van der Waals surface area contributed by atoms with Gasteiger partial charge in [-0.2, -0.15) is 0 Å². The third kappa shape index (κ3) is 42.0. The summed E-state index contributed by atoms with van der Waals surface area (Å²) in [7, 11) is -3.60. The Labute approximate surface area is 265 Å². The molecule has 0 aromatic rings. The first-order valence-corrected chi connectivity index (χ1v) is 20.0. The monoisotopic (exact) mass is 620 g/mol. The highest BCUT2D eigenvalue weighted by Gasteiger charge is 2.08. The number of hydrogen-bond donors (Lipinski definition) is 1. The predicted molar refractivity (Wildman–Crippen MR) is 182 cm³/mol. The van der Waals surface area contributed by atoms with Gasteiger partial charge in [-0.05, 0) is 12.8 Å². The highest BCUT2D eigenvalue weighted by Crippen LogP contribution is 2.19. The van der Waals surface area contributed by atoms with Crippen LogP contribution >= 0.6 is 0 Å². The maximum atomic E-state index is 9.22. The molecule has 0 heterocycles. The molecule has 0 radical (unpaired) electrons. The maximum absolute atomic E-state index is 9.22. The van der Waals surface area contributed by atoms with Crippen LogP contribution < -0.4 is 5.73 Å². The average molecular weight is 620 g/mol. The molecule has 0 saturated heterocycles. The Morgan fingerprint density at radius 3 is 0.833 bits per heavy atom. The van der Waals surface area contributed by atoms with Gasteiger partial charge in [0.05, 0.1) is 13.7 Å². The van der Waals surface area contributed by atoms with Gasteiger partial charge in [0.2, 0.25) is 10.4 Å². The van der Waals surface area contributed by atoms with Gasteiger partial charge in [-0.25, -0.2) is 8.42 Å². The van der Waals surface area contributed by atoms with E-state index in [1.165, 1.54) is 199 Å². The lowest BCUT2D eigenvalue weighted by molar-refractivity contribution is -0.379. The van der Waals surface area contributed by atoms with Crippen LogP contribution in [0.25, 0.3) is 0 Å². The summed E-state index contributed by atoms with van der Waals surface area (Å²) in [5.74, 6) is 0.907. The summed E-state index contributed by atoms with van der Waals surface area (Å²) in [6.45, 7) is 5.78. The van der Waals surface area contributed by atoms with Gasteiger partial charge in [0.1, 0.15) is 0 Å². The molecule has 0 fully saturated rings. The fourth-order valence-electron chi connectivity index (χ4n) is 5.86. The van der Waals surface area contributed by atoms with E-state index in [0.29, 0.717) is 0 Å². The number of quaternary nitrogens is 1. The molecule has 0 amide bonds. The van der Waals surface area contributed by atoms with Crippen molar-refractivity contribution in [1.82, 2.24) is 0 Å². The Hall–Kier alpha value is -0.170. The van der Waals surface area contributed by atoms with Gasteiger partial charge in [0.25, 0.3) is 0 Å². The van der Waals surface area contributed by atoms with Crippen LogP contribution in [0.5, 0.6) is 0 Å². The minimum Gasteiger partial charge on any atom is -0.726 e. The van der Waals surface area contributed by atoms with Crippen LogP contribution in [0, 0.1) is 5.92 Å². The van der Waals surface area contributed by atoms with E-state index in [1.807, 2.05) is 0 Å². The molecule has 0 spiro atoms. The fraction of sp³-hybridized carbons (Fsp3) is 1.00. The summed E-state index contributed by atoms with van der Waals surface area (Å²) < 4.78 is 31.0. The van der Waals surface area contributed by atoms with Gasteiger partial charge in [0.15, 0.2) is 0 Å². The van der Waals surface area contributed by atoms with Crippen molar-refractivity contribution in [1.29, 1.82) is 0 Å². The van der Waals surface area contributed by atoms with E-state index in [9.17, 15) is 13.0 Å². The number of unbranched alkanes of at least 4 members (excludes halogenated alkanes) is 27. The van der Waals surface area contributed by atoms with E-state index in [2.05, 4.69) is 23.8 Å². The third-order valence-electron chi connectivity index (χ3n) is 8.79. The Bertz CT molecular complexity index is 585. The maximum Gasteiger partial charge on any atom is 0.217 e. The zero-order chi connectivity index (χ0) is 31.4. The summed E-state index contributed by atoms with van der Waals surface area (Å²) in [5, 5.41) is 0. The topological polar surface area (TPSA) is 94.1 Å². The molecular formula is C36H77NO4S. The summed E-state index contributed by atoms with van der Waals surface area (Å²) in [6.07, 6.45) is 45.4. The Balaban J connectivity index is 0. The van der Waals surface area contributed by atoms with Crippen molar-refractivity contribution in [2.45, 2.75) is 213 Å². The highest BCUT2D eigenvalue weighted by molar-refractivity contribution is 7.80. The quantitative estimate of drug-likeness (QED) is 0.0449. The Kier molecular flexibility index (Phi) is 38.7. The molecule has 3 N–H and O–H groups in total. The minimum atomic E-state index is -4.41. The molecule has 0 aromatic carbocycles. The van der Waals surface area contributed by atoms with Gasteiger partial charge >= 0.3 is 0 Å². The van der Waals surface area contributed by atoms with Crippen LogP contribution in [0.2, 0.25) is 0 Å². The van der Waals surface area contributed by atoms with Crippen LogP contribution in [-0.4, -0.2) is 26.6 Å². The summed E-state index contributed by atoms with van der Waals surface area (Å²) in [5.41, 5.74) is 4.26. The SMILES string of the molecule is CCCCCCCCCCCCCCCCCC(C[NH3+])CCCCCCCCCCCCCCCC.COS(=O)(=O)[O-]. The zero-order valence-corrected chi connectivity index (χ0v) is 29.8.